The van der Waals surface area contributed by atoms with Crippen LogP contribution in [0, 0.1) is 13.8 Å². The fourth-order valence-corrected chi connectivity index (χ4v) is 5.10. The highest BCUT2D eigenvalue weighted by atomic mass is 16.6. The molecule has 4 N–H and O–H groups in total. The second-order valence-corrected chi connectivity index (χ2v) is 10.9. The highest BCUT2D eigenvalue weighted by molar-refractivity contribution is 5.88. The summed E-state index contributed by atoms with van der Waals surface area (Å²) in [5.74, 6) is -3.12. The first-order chi connectivity index (χ1) is 20.7. The predicted molar refractivity (Wildman–Crippen MR) is 164 cm³/mol. The molecule has 0 radical (unpaired) electrons. The minimum absolute atomic E-state index is 0.140. The molecule has 0 aliphatic carbocycles. The number of nitrogens with one attached hydrogen (secondary N) is 1. The van der Waals surface area contributed by atoms with Crippen molar-refractivity contribution in [1.29, 1.82) is 0 Å². The normalized spacial score (nSPS) is 12.6. The fourth-order valence-electron chi connectivity index (χ4n) is 5.10. The number of aromatic hydroxyl groups is 1. The van der Waals surface area contributed by atoms with Gasteiger partial charge in [0, 0.05) is 13.2 Å². The Balaban J connectivity index is 1.44. The maximum Gasteiger partial charge on any atom is 0.336 e. The third kappa shape index (κ3) is 11.0. The van der Waals surface area contributed by atoms with Crippen LogP contribution in [-0.4, -0.2) is 65.1 Å². The number of carbonyl (C=O) groups excluding carboxylic acids is 1. The molecular weight excluding hydrogens is 550 g/mol. The van der Waals surface area contributed by atoms with Gasteiger partial charge in [-0.05, 0) is 85.4 Å². The fraction of sp³-hybridized carbons (Fsp3) is 0.441. The highest BCUT2D eigenvalue weighted by Gasteiger charge is 2.36. The summed E-state index contributed by atoms with van der Waals surface area (Å²) in [7, 11) is 0. The number of ether oxygens (including phenoxy) is 2. The Morgan fingerprint density at radius 1 is 0.744 bits per heavy atom. The number of unbranched alkanes of at least 4 members (excludes halogenated alkanes) is 4. The van der Waals surface area contributed by atoms with Crippen LogP contribution in [0.25, 0.3) is 10.8 Å². The van der Waals surface area contributed by atoms with Crippen molar-refractivity contribution in [1.82, 2.24) is 5.32 Å². The van der Waals surface area contributed by atoms with E-state index in [1.807, 2.05) is 38.1 Å². The number of benzene rings is 3. The Hall–Kier alpha value is -3.95. The van der Waals surface area contributed by atoms with Gasteiger partial charge >= 0.3 is 11.9 Å². The van der Waals surface area contributed by atoms with E-state index in [1.54, 1.807) is 0 Å². The zero-order valence-corrected chi connectivity index (χ0v) is 25.0. The number of fused-ring (bicyclic) bond motifs is 1. The number of phenolic OH excluding ortho intramolecular Hbond substituents is 1. The van der Waals surface area contributed by atoms with Gasteiger partial charge in [0.25, 0.3) is 5.91 Å². The molecule has 0 unspecified atom stereocenters. The van der Waals surface area contributed by atoms with E-state index in [4.69, 9.17) is 14.6 Å². The second kappa shape index (κ2) is 17.2. The Labute approximate surface area is 252 Å². The lowest BCUT2D eigenvalue weighted by Gasteiger charge is -2.23. The van der Waals surface area contributed by atoms with Gasteiger partial charge in [0.1, 0.15) is 12.4 Å². The van der Waals surface area contributed by atoms with Gasteiger partial charge in [0.15, 0.2) is 12.2 Å². The van der Waals surface area contributed by atoms with Gasteiger partial charge < -0.3 is 30.1 Å². The molecule has 0 fully saturated rings. The average molecular weight is 594 g/mol. The number of carboxylic acids is 2. The van der Waals surface area contributed by atoms with Gasteiger partial charge in [-0.15, -0.1) is 0 Å². The number of aryl methyl sites for hydroxylation is 4. The molecule has 0 saturated heterocycles. The van der Waals surface area contributed by atoms with Crippen molar-refractivity contribution in [2.45, 2.75) is 77.4 Å². The van der Waals surface area contributed by atoms with Crippen LogP contribution in [0.5, 0.6) is 5.75 Å². The van der Waals surface area contributed by atoms with E-state index < -0.39 is 36.7 Å². The third-order valence-electron chi connectivity index (χ3n) is 7.38. The number of rotatable bonds is 19. The van der Waals surface area contributed by atoms with E-state index in [2.05, 4.69) is 35.6 Å². The molecule has 2 atom stereocenters. The highest BCUT2D eigenvalue weighted by Crippen LogP contribution is 2.24. The van der Waals surface area contributed by atoms with Crippen LogP contribution in [0.2, 0.25) is 0 Å². The zero-order valence-electron chi connectivity index (χ0n) is 25.0. The molecule has 3 aromatic carbocycles. The van der Waals surface area contributed by atoms with E-state index in [1.165, 1.54) is 16.3 Å². The Morgan fingerprint density at radius 3 is 2.07 bits per heavy atom. The monoisotopic (exact) mass is 593 g/mol. The Morgan fingerprint density at radius 2 is 1.40 bits per heavy atom. The van der Waals surface area contributed by atoms with Gasteiger partial charge in [-0.3, -0.25) is 4.79 Å². The molecule has 0 aromatic heterocycles. The molecule has 232 valence electrons. The van der Waals surface area contributed by atoms with Crippen LogP contribution in [-0.2, 0) is 36.7 Å². The Kier molecular flexibility index (Phi) is 13.4. The number of amides is 1. The van der Waals surface area contributed by atoms with Crippen molar-refractivity contribution < 1.29 is 39.2 Å². The summed E-state index contributed by atoms with van der Waals surface area (Å²) in [6, 6.07) is 18.5. The first-order valence-corrected chi connectivity index (χ1v) is 14.9. The molecule has 0 spiro atoms. The van der Waals surface area contributed by atoms with E-state index in [-0.39, 0.29) is 6.61 Å². The summed E-state index contributed by atoms with van der Waals surface area (Å²) in [5, 5.41) is 33.7. The van der Waals surface area contributed by atoms with Gasteiger partial charge in [-0.25, -0.2) is 9.59 Å². The third-order valence-corrected chi connectivity index (χ3v) is 7.38. The SMILES string of the molecule is Cc1cc(CCCCCNC(=O)[C@H](OCCCCCc2ccc3ccccc3c2)[C@@H](OCC(=O)O)C(=O)O)cc(C)c1O. The number of hydrogen-bond donors (Lipinski definition) is 4. The quantitative estimate of drug-likeness (QED) is 0.136. The van der Waals surface area contributed by atoms with Crippen molar-refractivity contribution in [2.75, 3.05) is 19.8 Å². The van der Waals surface area contributed by atoms with Crippen LogP contribution in [0.4, 0.5) is 0 Å². The van der Waals surface area contributed by atoms with E-state index >= 15 is 0 Å². The smallest absolute Gasteiger partial charge is 0.336 e. The lowest BCUT2D eigenvalue weighted by Crippen LogP contribution is -2.49. The number of aliphatic carboxylic acids is 2. The van der Waals surface area contributed by atoms with Gasteiger partial charge in [-0.2, -0.15) is 0 Å². The van der Waals surface area contributed by atoms with Gasteiger partial charge in [0.2, 0.25) is 0 Å². The van der Waals surface area contributed by atoms with E-state index in [9.17, 15) is 24.6 Å². The molecule has 0 bridgehead atoms. The van der Waals surface area contributed by atoms with Crippen molar-refractivity contribution in [3.63, 3.8) is 0 Å². The first kappa shape index (κ1) is 33.6. The molecule has 9 heteroatoms. The maximum atomic E-state index is 13.0. The first-order valence-electron chi connectivity index (χ1n) is 14.9. The number of carbonyl (C=O) groups is 3. The largest absolute Gasteiger partial charge is 0.507 e. The minimum atomic E-state index is -1.74. The van der Waals surface area contributed by atoms with Crippen LogP contribution >= 0.6 is 0 Å². The van der Waals surface area contributed by atoms with Crippen molar-refractivity contribution in [3.05, 3.63) is 76.9 Å². The predicted octanol–water partition coefficient (Wildman–Crippen LogP) is 5.34. The van der Waals surface area contributed by atoms with Crippen molar-refractivity contribution in [3.8, 4) is 5.75 Å². The molecule has 0 aliphatic rings. The van der Waals surface area contributed by atoms with Crippen molar-refractivity contribution in [2.24, 2.45) is 0 Å². The number of phenols is 1. The van der Waals surface area contributed by atoms with Crippen LogP contribution in [0.1, 0.15) is 60.8 Å². The molecule has 1 amide bonds. The van der Waals surface area contributed by atoms with Gasteiger partial charge in [0.05, 0.1) is 0 Å². The molecule has 9 nitrogen and oxygen atoms in total. The number of hydrogen-bond acceptors (Lipinski definition) is 6. The summed E-state index contributed by atoms with van der Waals surface area (Å²) < 4.78 is 10.7. The summed E-state index contributed by atoms with van der Waals surface area (Å²) in [5.41, 5.74) is 4.06. The molecule has 3 aromatic rings. The summed E-state index contributed by atoms with van der Waals surface area (Å²) in [6.45, 7) is 3.35. The Bertz CT molecular complexity index is 1350. The van der Waals surface area contributed by atoms with Crippen LogP contribution < -0.4 is 5.32 Å². The molecule has 0 heterocycles. The van der Waals surface area contributed by atoms with E-state index in [0.717, 1.165) is 55.2 Å². The summed E-state index contributed by atoms with van der Waals surface area (Å²) >= 11 is 0. The van der Waals surface area contributed by atoms with Crippen molar-refractivity contribution >= 4 is 28.6 Å². The number of carboxylic acid groups (broad SMARTS) is 2. The van der Waals surface area contributed by atoms with Crippen LogP contribution in [0.15, 0.2) is 54.6 Å². The molecule has 43 heavy (non-hydrogen) atoms. The summed E-state index contributed by atoms with van der Waals surface area (Å²) in [4.78, 5) is 35.8. The van der Waals surface area contributed by atoms with Gasteiger partial charge in [-0.1, -0.05) is 67.4 Å². The standard InChI is InChI=1S/C34H43NO8/c1-23-19-26(20-24(2)30(23)38)12-5-3-9-17-35-33(39)31(32(34(40)41)43-22-29(36)37)42-18-10-4-6-11-25-15-16-27-13-7-8-14-28(27)21-25/h7-8,13-16,19-21,31-32,38H,3-6,9-12,17-18,22H2,1-2H3,(H,35,39)(H,36,37)(H,40,41)/t31-,32-/m1/s1. The molecular formula is C34H43NO8. The second-order valence-electron chi connectivity index (χ2n) is 10.9. The molecule has 3 rings (SSSR count). The summed E-state index contributed by atoms with van der Waals surface area (Å²) in [6.07, 6.45) is 3.24. The topological polar surface area (TPSA) is 142 Å². The average Bonchev–Trinajstić information content (AvgIpc) is 2.97. The molecule has 0 aliphatic heterocycles. The molecule has 0 saturated carbocycles. The maximum absolute atomic E-state index is 13.0. The zero-order chi connectivity index (χ0) is 31.2. The minimum Gasteiger partial charge on any atom is -0.507 e. The van der Waals surface area contributed by atoms with E-state index in [0.29, 0.717) is 25.1 Å². The lowest BCUT2D eigenvalue weighted by molar-refractivity contribution is -0.172. The lowest BCUT2D eigenvalue weighted by atomic mass is 10.0. The van der Waals surface area contributed by atoms with Crippen LogP contribution in [0.3, 0.4) is 0 Å².